The number of hydrogen-bond acceptors (Lipinski definition) is 6. The largest absolute Gasteiger partial charge is 0.497 e. The third kappa shape index (κ3) is 4.00. The monoisotopic (exact) mass is 343 g/mol. The third-order valence-electron chi connectivity index (χ3n) is 3.75. The topological polar surface area (TPSA) is 95.7 Å². The van der Waals surface area contributed by atoms with Crippen LogP contribution in [0.15, 0.2) is 42.5 Å². The molecule has 0 radical (unpaired) electrons. The predicted molar refractivity (Wildman–Crippen MR) is 90.0 cm³/mol. The molecule has 7 heteroatoms. The fraction of sp³-hybridized carbons (Fsp3) is 0.222. The highest BCUT2D eigenvalue weighted by Gasteiger charge is 2.24. The van der Waals surface area contributed by atoms with Crippen molar-refractivity contribution in [2.75, 3.05) is 7.11 Å². The van der Waals surface area contributed by atoms with Crippen LogP contribution in [0.5, 0.6) is 5.75 Å². The molecule has 25 heavy (non-hydrogen) atoms. The molecule has 0 unspecified atom stereocenters. The van der Waals surface area contributed by atoms with E-state index in [2.05, 4.69) is 0 Å². The zero-order chi connectivity index (χ0) is 18.6. The van der Waals surface area contributed by atoms with Crippen LogP contribution in [0.2, 0.25) is 0 Å². The lowest BCUT2D eigenvalue weighted by Gasteiger charge is -2.13. The van der Waals surface area contributed by atoms with Crippen LogP contribution in [0.3, 0.4) is 0 Å². The van der Waals surface area contributed by atoms with Gasteiger partial charge in [-0.2, -0.15) is 0 Å². The van der Waals surface area contributed by atoms with Gasteiger partial charge < -0.3 is 9.47 Å². The summed E-state index contributed by atoms with van der Waals surface area (Å²) >= 11 is 0. The minimum Gasteiger partial charge on any atom is -0.497 e. The SMILES string of the molecule is COc1ccc(C(=O)[C@@H](C)OC(=O)c2cccc([N+](=O)[O-])c2C)cc1. The van der Waals surface area contributed by atoms with Gasteiger partial charge in [0.1, 0.15) is 5.75 Å². The molecule has 0 aliphatic carbocycles. The number of ketones is 1. The highest BCUT2D eigenvalue weighted by Crippen LogP contribution is 2.22. The summed E-state index contributed by atoms with van der Waals surface area (Å²) in [5, 5.41) is 11.0. The fourth-order valence-electron chi connectivity index (χ4n) is 2.31. The minimum absolute atomic E-state index is 0.0589. The number of hydrogen-bond donors (Lipinski definition) is 0. The van der Waals surface area contributed by atoms with Crippen molar-refractivity contribution in [3.63, 3.8) is 0 Å². The summed E-state index contributed by atoms with van der Waals surface area (Å²) in [5.74, 6) is -0.553. The van der Waals surface area contributed by atoms with Crippen molar-refractivity contribution in [1.82, 2.24) is 0 Å². The van der Waals surface area contributed by atoms with Gasteiger partial charge in [-0.15, -0.1) is 0 Å². The highest BCUT2D eigenvalue weighted by atomic mass is 16.6. The number of carbonyl (C=O) groups is 2. The number of esters is 1. The van der Waals surface area contributed by atoms with Crippen molar-refractivity contribution in [2.45, 2.75) is 20.0 Å². The number of methoxy groups -OCH3 is 1. The number of nitrogens with zero attached hydrogens (tertiary/aromatic N) is 1. The van der Waals surface area contributed by atoms with Crippen molar-refractivity contribution in [2.24, 2.45) is 0 Å². The van der Waals surface area contributed by atoms with Gasteiger partial charge in [0.05, 0.1) is 17.6 Å². The molecule has 0 spiro atoms. The van der Waals surface area contributed by atoms with E-state index in [1.165, 1.54) is 39.2 Å². The number of rotatable bonds is 6. The van der Waals surface area contributed by atoms with Crippen LogP contribution >= 0.6 is 0 Å². The van der Waals surface area contributed by atoms with Gasteiger partial charge in [0.15, 0.2) is 6.10 Å². The average molecular weight is 343 g/mol. The Morgan fingerprint density at radius 2 is 1.76 bits per heavy atom. The van der Waals surface area contributed by atoms with Crippen LogP contribution in [-0.2, 0) is 4.74 Å². The minimum atomic E-state index is -1.03. The van der Waals surface area contributed by atoms with Crippen LogP contribution < -0.4 is 4.74 Å². The zero-order valence-electron chi connectivity index (χ0n) is 14.0. The van der Waals surface area contributed by atoms with Gasteiger partial charge in [-0.25, -0.2) is 4.79 Å². The summed E-state index contributed by atoms with van der Waals surface area (Å²) in [5.41, 5.74) is 0.450. The van der Waals surface area contributed by atoms with E-state index in [0.717, 1.165) is 0 Å². The number of nitro benzene ring substituents is 1. The lowest BCUT2D eigenvalue weighted by atomic mass is 10.1. The average Bonchev–Trinajstić information content (AvgIpc) is 2.60. The summed E-state index contributed by atoms with van der Waals surface area (Å²) in [6, 6.07) is 10.5. The van der Waals surface area contributed by atoms with Gasteiger partial charge in [0.2, 0.25) is 5.78 Å². The van der Waals surface area contributed by atoms with Gasteiger partial charge in [0, 0.05) is 17.2 Å². The van der Waals surface area contributed by atoms with E-state index in [0.29, 0.717) is 11.3 Å². The second kappa shape index (κ2) is 7.57. The van der Waals surface area contributed by atoms with Crippen molar-refractivity contribution < 1.29 is 24.0 Å². The molecule has 1 atom stereocenters. The van der Waals surface area contributed by atoms with Crippen molar-refractivity contribution in [1.29, 1.82) is 0 Å². The van der Waals surface area contributed by atoms with Crippen LogP contribution in [0.1, 0.15) is 33.2 Å². The second-order valence-electron chi connectivity index (χ2n) is 5.35. The number of benzene rings is 2. The van der Waals surface area contributed by atoms with E-state index in [-0.39, 0.29) is 22.6 Å². The Bertz CT molecular complexity index is 813. The molecule has 0 aliphatic rings. The van der Waals surface area contributed by atoms with Crippen LogP contribution in [0, 0.1) is 17.0 Å². The maximum absolute atomic E-state index is 12.3. The number of nitro groups is 1. The molecule has 0 fully saturated rings. The molecule has 0 saturated heterocycles. The molecule has 2 aromatic rings. The van der Waals surface area contributed by atoms with E-state index >= 15 is 0 Å². The van der Waals surface area contributed by atoms with Gasteiger partial charge in [-0.1, -0.05) is 6.07 Å². The number of Topliss-reactive ketones (excluding diaryl/α,β-unsaturated/α-hetero) is 1. The third-order valence-corrected chi connectivity index (χ3v) is 3.75. The maximum Gasteiger partial charge on any atom is 0.339 e. The quantitative estimate of drug-likeness (QED) is 0.345. The first kappa shape index (κ1) is 18.1. The first-order chi connectivity index (χ1) is 11.8. The first-order valence-corrected chi connectivity index (χ1v) is 7.48. The molecular formula is C18H17NO6. The molecule has 0 N–H and O–H groups in total. The summed E-state index contributed by atoms with van der Waals surface area (Å²) in [4.78, 5) is 35.0. The van der Waals surface area contributed by atoms with Crippen molar-refractivity contribution >= 4 is 17.4 Å². The molecule has 7 nitrogen and oxygen atoms in total. The maximum atomic E-state index is 12.3. The molecule has 130 valence electrons. The standard InChI is InChI=1S/C18H17NO6/c1-11-15(5-4-6-16(11)19(22)23)18(21)25-12(2)17(20)13-7-9-14(24-3)10-8-13/h4-10,12H,1-3H3/t12-/m1/s1. The Morgan fingerprint density at radius 1 is 1.12 bits per heavy atom. The summed E-state index contributed by atoms with van der Waals surface area (Å²) in [6.45, 7) is 2.92. The first-order valence-electron chi connectivity index (χ1n) is 7.48. The fourth-order valence-corrected chi connectivity index (χ4v) is 2.31. The predicted octanol–water partition coefficient (Wildman–Crippen LogP) is 3.34. The van der Waals surface area contributed by atoms with Gasteiger partial charge in [-0.3, -0.25) is 14.9 Å². The van der Waals surface area contributed by atoms with Crippen molar-refractivity contribution in [3.05, 3.63) is 69.3 Å². The van der Waals surface area contributed by atoms with E-state index < -0.39 is 17.0 Å². The molecule has 0 saturated carbocycles. The Hall–Kier alpha value is -3.22. The Kier molecular flexibility index (Phi) is 5.49. The molecule has 2 aromatic carbocycles. The van der Waals surface area contributed by atoms with Gasteiger partial charge >= 0.3 is 5.97 Å². The lowest BCUT2D eigenvalue weighted by molar-refractivity contribution is -0.385. The van der Waals surface area contributed by atoms with Gasteiger partial charge in [0.25, 0.3) is 5.69 Å². The zero-order valence-corrected chi connectivity index (χ0v) is 14.0. The molecule has 0 heterocycles. The van der Waals surface area contributed by atoms with Crippen LogP contribution in [-0.4, -0.2) is 29.9 Å². The normalized spacial score (nSPS) is 11.5. The molecule has 2 rings (SSSR count). The van der Waals surface area contributed by atoms with E-state index in [9.17, 15) is 19.7 Å². The Balaban J connectivity index is 2.15. The van der Waals surface area contributed by atoms with E-state index in [1.54, 1.807) is 24.3 Å². The summed E-state index contributed by atoms with van der Waals surface area (Å²) in [7, 11) is 1.52. The molecule has 0 aromatic heterocycles. The van der Waals surface area contributed by atoms with E-state index in [4.69, 9.17) is 9.47 Å². The molecule has 0 bridgehead atoms. The van der Waals surface area contributed by atoms with Crippen LogP contribution in [0.25, 0.3) is 0 Å². The smallest absolute Gasteiger partial charge is 0.339 e. The lowest BCUT2D eigenvalue weighted by Crippen LogP contribution is -2.24. The Morgan fingerprint density at radius 3 is 2.32 bits per heavy atom. The van der Waals surface area contributed by atoms with E-state index in [1.807, 2.05) is 0 Å². The second-order valence-corrected chi connectivity index (χ2v) is 5.35. The number of ether oxygens (including phenoxy) is 2. The highest BCUT2D eigenvalue weighted by molar-refractivity contribution is 6.01. The summed E-state index contributed by atoms with van der Waals surface area (Å²) in [6.07, 6.45) is -1.03. The molecule has 0 aliphatic heterocycles. The van der Waals surface area contributed by atoms with Crippen LogP contribution in [0.4, 0.5) is 5.69 Å². The summed E-state index contributed by atoms with van der Waals surface area (Å²) < 4.78 is 10.2. The number of carbonyl (C=O) groups excluding carboxylic acids is 2. The van der Waals surface area contributed by atoms with Crippen molar-refractivity contribution in [3.8, 4) is 5.75 Å². The molecular weight excluding hydrogens is 326 g/mol. The molecule has 0 amide bonds. The van der Waals surface area contributed by atoms with Gasteiger partial charge in [-0.05, 0) is 44.2 Å². The Labute approximate surface area is 144 Å².